The number of rotatable bonds is 4. The van der Waals surface area contributed by atoms with Crippen molar-refractivity contribution in [1.82, 2.24) is 14.8 Å². The van der Waals surface area contributed by atoms with Crippen LogP contribution in [0.25, 0.3) is 0 Å². The molecule has 1 aliphatic carbocycles. The molecule has 1 fully saturated rings. The third-order valence-electron chi connectivity index (χ3n) is 3.92. The van der Waals surface area contributed by atoms with Crippen molar-refractivity contribution in [3.05, 3.63) is 12.2 Å². The monoisotopic (exact) mass is 251 g/mol. The van der Waals surface area contributed by atoms with Crippen LogP contribution in [0.1, 0.15) is 44.9 Å². The summed E-state index contributed by atoms with van der Waals surface area (Å²) >= 11 is 0. The summed E-state index contributed by atoms with van der Waals surface area (Å²) < 4.78 is 1.86. The fourth-order valence-electron chi connectivity index (χ4n) is 2.90. The molecule has 0 bridgehead atoms. The zero-order valence-corrected chi connectivity index (χ0v) is 10.9. The first-order valence-corrected chi connectivity index (χ1v) is 6.81. The average Bonchev–Trinajstić information content (AvgIpc) is 2.65. The van der Waals surface area contributed by atoms with Gasteiger partial charge in [-0.15, -0.1) is 0 Å². The van der Waals surface area contributed by atoms with Crippen LogP contribution in [0.2, 0.25) is 0 Å². The Morgan fingerprint density at radius 3 is 2.94 bits per heavy atom. The second-order valence-electron chi connectivity index (χ2n) is 5.04. The molecule has 0 aliphatic heterocycles. The van der Waals surface area contributed by atoms with Gasteiger partial charge in [-0.2, -0.15) is 5.10 Å². The van der Waals surface area contributed by atoms with Crippen LogP contribution in [-0.2, 0) is 17.8 Å². The highest BCUT2D eigenvalue weighted by atomic mass is 16.4. The summed E-state index contributed by atoms with van der Waals surface area (Å²) in [5, 5.41) is 13.5. The average molecular weight is 251 g/mol. The quantitative estimate of drug-likeness (QED) is 0.832. The van der Waals surface area contributed by atoms with Gasteiger partial charge in [0.05, 0.1) is 5.92 Å². The fourth-order valence-corrected chi connectivity index (χ4v) is 2.90. The lowest BCUT2D eigenvalue weighted by molar-refractivity contribution is -0.143. The lowest BCUT2D eigenvalue weighted by atomic mass is 9.85. The highest BCUT2D eigenvalue weighted by Crippen LogP contribution is 2.31. The van der Waals surface area contributed by atoms with Gasteiger partial charge >= 0.3 is 5.97 Å². The molecule has 0 saturated heterocycles. The first kappa shape index (κ1) is 13.1. The van der Waals surface area contributed by atoms with Crippen molar-refractivity contribution in [2.75, 3.05) is 0 Å². The van der Waals surface area contributed by atoms with Crippen molar-refractivity contribution in [3.63, 3.8) is 0 Å². The molecule has 2 rings (SSSR count). The zero-order valence-electron chi connectivity index (χ0n) is 10.9. The largest absolute Gasteiger partial charge is 0.481 e. The molecule has 2 atom stereocenters. The number of hydrogen-bond donors (Lipinski definition) is 1. The first-order valence-electron chi connectivity index (χ1n) is 6.81. The summed E-state index contributed by atoms with van der Waals surface area (Å²) in [6.45, 7) is 2.82. The number of aromatic nitrogens is 3. The highest BCUT2D eigenvalue weighted by molar-refractivity contribution is 5.70. The van der Waals surface area contributed by atoms with Gasteiger partial charge in [0.25, 0.3) is 0 Å². The van der Waals surface area contributed by atoms with Crippen molar-refractivity contribution in [2.24, 2.45) is 11.8 Å². The van der Waals surface area contributed by atoms with Crippen LogP contribution in [0.15, 0.2) is 6.33 Å². The number of carbonyl (C=O) groups is 1. The normalized spacial score (nSPS) is 24.7. The van der Waals surface area contributed by atoms with Crippen molar-refractivity contribution in [2.45, 2.75) is 52.0 Å². The lowest BCUT2D eigenvalue weighted by Crippen LogP contribution is -2.25. The summed E-state index contributed by atoms with van der Waals surface area (Å²) in [5.41, 5.74) is 0. The van der Waals surface area contributed by atoms with Gasteiger partial charge in [-0.05, 0) is 25.7 Å². The highest BCUT2D eigenvalue weighted by Gasteiger charge is 2.30. The minimum Gasteiger partial charge on any atom is -0.481 e. The summed E-state index contributed by atoms with van der Waals surface area (Å²) in [5.74, 6) is 0.272. The second kappa shape index (κ2) is 5.98. The molecule has 5 nitrogen and oxygen atoms in total. The molecule has 1 aromatic heterocycles. The van der Waals surface area contributed by atoms with Crippen LogP contribution in [0.4, 0.5) is 0 Å². The molecule has 18 heavy (non-hydrogen) atoms. The van der Waals surface area contributed by atoms with E-state index in [4.69, 9.17) is 0 Å². The molecule has 0 amide bonds. The van der Waals surface area contributed by atoms with Gasteiger partial charge in [0.2, 0.25) is 0 Å². The summed E-state index contributed by atoms with van der Waals surface area (Å²) in [6.07, 6.45) is 7.42. The predicted octanol–water partition coefficient (Wildman–Crippen LogP) is 2.12. The van der Waals surface area contributed by atoms with Crippen molar-refractivity contribution in [3.8, 4) is 0 Å². The van der Waals surface area contributed by atoms with Crippen molar-refractivity contribution >= 4 is 5.97 Å². The van der Waals surface area contributed by atoms with E-state index in [2.05, 4.69) is 10.1 Å². The Bertz CT molecular complexity index is 403. The molecule has 0 aromatic carbocycles. The zero-order chi connectivity index (χ0) is 13.0. The van der Waals surface area contributed by atoms with E-state index >= 15 is 0 Å². The Labute approximate surface area is 107 Å². The van der Waals surface area contributed by atoms with Crippen LogP contribution < -0.4 is 0 Å². The van der Waals surface area contributed by atoms with E-state index in [-0.39, 0.29) is 11.8 Å². The van der Waals surface area contributed by atoms with Gasteiger partial charge in [-0.3, -0.25) is 9.48 Å². The smallest absolute Gasteiger partial charge is 0.306 e. The standard InChI is InChI=1S/C13H21N3O2/c1-2-16-12(14-9-15-16)8-10-6-4-3-5-7-11(10)13(17)18/h9-11H,2-8H2,1H3,(H,17,18). The van der Waals surface area contributed by atoms with E-state index in [9.17, 15) is 9.90 Å². The number of nitrogens with zero attached hydrogens (tertiary/aromatic N) is 3. The predicted molar refractivity (Wildman–Crippen MR) is 67.1 cm³/mol. The van der Waals surface area contributed by atoms with E-state index in [1.54, 1.807) is 6.33 Å². The molecule has 100 valence electrons. The van der Waals surface area contributed by atoms with Crippen LogP contribution in [0.3, 0.4) is 0 Å². The second-order valence-corrected chi connectivity index (χ2v) is 5.04. The maximum Gasteiger partial charge on any atom is 0.306 e. The van der Waals surface area contributed by atoms with E-state index in [1.807, 2.05) is 11.6 Å². The van der Waals surface area contributed by atoms with E-state index in [0.717, 1.165) is 50.9 Å². The minimum absolute atomic E-state index is 0.208. The third kappa shape index (κ3) is 2.89. The molecule has 5 heteroatoms. The van der Waals surface area contributed by atoms with Gasteiger partial charge in [0.15, 0.2) is 0 Å². The number of aryl methyl sites for hydroxylation is 1. The van der Waals surface area contributed by atoms with E-state index in [0.29, 0.717) is 0 Å². The van der Waals surface area contributed by atoms with Gasteiger partial charge in [0.1, 0.15) is 12.2 Å². The van der Waals surface area contributed by atoms with Crippen LogP contribution >= 0.6 is 0 Å². The Morgan fingerprint density at radius 1 is 1.44 bits per heavy atom. The topological polar surface area (TPSA) is 68.0 Å². The molecular weight excluding hydrogens is 230 g/mol. The fraction of sp³-hybridized carbons (Fsp3) is 0.769. The summed E-state index contributed by atoms with van der Waals surface area (Å²) in [6, 6.07) is 0. The molecule has 1 N–H and O–H groups in total. The Hall–Kier alpha value is -1.39. The van der Waals surface area contributed by atoms with Gasteiger partial charge in [-0.1, -0.05) is 19.3 Å². The maximum atomic E-state index is 11.4. The Morgan fingerprint density at radius 2 is 2.22 bits per heavy atom. The third-order valence-corrected chi connectivity index (χ3v) is 3.92. The molecule has 1 aromatic rings. The molecule has 1 heterocycles. The molecule has 1 saturated carbocycles. The van der Waals surface area contributed by atoms with Crippen molar-refractivity contribution in [1.29, 1.82) is 0 Å². The number of hydrogen-bond acceptors (Lipinski definition) is 3. The van der Waals surface area contributed by atoms with Crippen LogP contribution in [0.5, 0.6) is 0 Å². The maximum absolute atomic E-state index is 11.4. The molecular formula is C13H21N3O2. The van der Waals surface area contributed by atoms with Crippen LogP contribution in [-0.4, -0.2) is 25.8 Å². The van der Waals surface area contributed by atoms with Gasteiger partial charge in [0, 0.05) is 13.0 Å². The molecule has 0 radical (unpaired) electrons. The number of carboxylic acid groups (broad SMARTS) is 1. The minimum atomic E-state index is -0.649. The number of aliphatic carboxylic acids is 1. The summed E-state index contributed by atoms with van der Waals surface area (Å²) in [7, 11) is 0. The Balaban J connectivity index is 2.11. The SMILES string of the molecule is CCn1ncnc1CC1CCCCCC1C(=O)O. The first-order chi connectivity index (χ1) is 8.72. The van der Waals surface area contributed by atoms with Gasteiger partial charge < -0.3 is 5.11 Å². The molecule has 0 spiro atoms. The molecule has 1 aliphatic rings. The lowest BCUT2D eigenvalue weighted by Gasteiger charge is -2.21. The van der Waals surface area contributed by atoms with E-state index in [1.165, 1.54) is 0 Å². The molecule has 2 unspecified atom stereocenters. The Kier molecular flexibility index (Phi) is 4.33. The summed E-state index contributed by atoms with van der Waals surface area (Å²) in [4.78, 5) is 15.6. The number of carboxylic acids is 1. The van der Waals surface area contributed by atoms with Gasteiger partial charge in [-0.25, -0.2) is 4.98 Å². The van der Waals surface area contributed by atoms with Crippen LogP contribution in [0, 0.1) is 11.8 Å². The van der Waals surface area contributed by atoms with E-state index < -0.39 is 5.97 Å². The van der Waals surface area contributed by atoms with Crippen molar-refractivity contribution < 1.29 is 9.90 Å².